The summed E-state index contributed by atoms with van der Waals surface area (Å²) in [7, 11) is 0. The summed E-state index contributed by atoms with van der Waals surface area (Å²) < 4.78 is 5.41. The molecule has 0 bridgehead atoms. The van der Waals surface area contributed by atoms with Crippen molar-refractivity contribution in [3.8, 4) is 0 Å². The number of benzene rings is 1. The molecule has 1 aromatic carbocycles. The standard InChI is InChI=1S/C15H19NO/c1-11(2)13-7-4-5-8-14(13)16-12(3)15-9-6-10-17-15/h4-12,16H,1-3H3. The number of rotatable bonds is 4. The Balaban J connectivity index is 2.18. The second-order valence-electron chi connectivity index (χ2n) is 4.62. The Kier molecular flexibility index (Phi) is 3.52. The molecule has 2 heteroatoms. The molecule has 0 spiro atoms. The van der Waals surface area contributed by atoms with Gasteiger partial charge in [-0.2, -0.15) is 0 Å². The number of hydrogen-bond donors (Lipinski definition) is 1. The summed E-state index contributed by atoms with van der Waals surface area (Å²) in [5.74, 6) is 1.48. The Labute approximate surface area is 103 Å². The number of hydrogen-bond acceptors (Lipinski definition) is 2. The van der Waals surface area contributed by atoms with Crippen LogP contribution in [0.3, 0.4) is 0 Å². The molecule has 1 aromatic heterocycles. The lowest BCUT2D eigenvalue weighted by molar-refractivity contribution is 0.490. The Morgan fingerprint density at radius 1 is 1.00 bits per heavy atom. The molecule has 0 amide bonds. The first-order chi connectivity index (χ1) is 8.18. The number of nitrogens with one attached hydrogen (secondary N) is 1. The summed E-state index contributed by atoms with van der Waals surface area (Å²) in [6.07, 6.45) is 1.71. The van der Waals surface area contributed by atoms with E-state index >= 15 is 0 Å². The molecule has 0 fully saturated rings. The third kappa shape index (κ3) is 2.70. The molecule has 0 aliphatic carbocycles. The predicted molar refractivity (Wildman–Crippen MR) is 71.3 cm³/mol. The molecule has 1 heterocycles. The van der Waals surface area contributed by atoms with Crippen LogP contribution in [-0.4, -0.2) is 0 Å². The zero-order chi connectivity index (χ0) is 12.3. The van der Waals surface area contributed by atoms with E-state index in [0.29, 0.717) is 5.92 Å². The lowest BCUT2D eigenvalue weighted by atomic mass is 10.0. The molecule has 2 nitrogen and oxygen atoms in total. The summed E-state index contributed by atoms with van der Waals surface area (Å²) in [5.41, 5.74) is 2.53. The van der Waals surface area contributed by atoms with Gasteiger partial charge in [-0.3, -0.25) is 0 Å². The molecule has 2 rings (SSSR count). The van der Waals surface area contributed by atoms with Gasteiger partial charge in [-0.1, -0.05) is 32.0 Å². The van der Waals surface area contributed by atoms with Crippen LogP contribution in [0, 0.1) is 0 Å². The van der Waals surface area contributed by atoms with Crippen molar-refractivity contribution in [2.24, 2.45) is 0 Å². The molecule has 2 aromatic rings. The van der Waals surface area contributed by atoms with Gasteiger partial charge in [0.2, 0.25) is 0 Å². The van der Waals surface area contributed by atoms with Gasteiger partial charge in [0.25, 0.3) is 0 Å². The summed E-state index contributed by atoms with van der Waals surface area (Å²) >= 11 is 0. The zero-order valence-electron chi connectivity index (χ0n) is 10.6. The van der Waals surface area contributed by atoms with E-state index in [1.54, 1.807) is 6.26 Å². The third-order valence-corrected chi connectivity index (χ3v) is 2.92. The highest BCUT2D eigenvalue weighted by atomic mass is 16.3. The van der Waals surface area contributed by atoms with Crippen molar-refractivity contribution in [2.45, 2.75) is 32.7 Å². The largest absolute Gasteiger partial charge is 0.467 e. The van der Waals surface area contributed by atoms with Gasteiger partial charge in [0, 0.05) is 5.69 Å². The fourth-order valence-corrected chi connectivity index (χ4v) is 1.97. The molecule has 1 N–H and O–H groups in total. The van der Waals surface area contributed by atoms with Gasteiger partial charge in [0.1, 0.15) is 5.76 Å². The molecule has 90 valence electrons. The van der Waals surface area contributed by atoms with E-state index in [9.17, 15) is 0 Å². The maximum atomic E-state index is 5.41. The molecular formula is C15H19NO. The minimum atomic E-state index is 0.185. The van der Waals surface area contributed by atoms with Crippen molar-refractivity contribution >= 4 is 5.69 Å². The van der Waals surface area contributed by atoms with Crippen LogP contribution >= 0.6 is 0 Å². The number of para-hydroxylation sites is 1. The van der Waals surface area contributed by atoms with Gasteiger partial charge in [-0.05, 0) is 36.6 Å². The highest BCUT2D eigenvalue weighted by molar-refractivity contribution is 5.53. The van der Waals surface area contributed by atoms with Gasteiger partial charge in [-0.15, -0.1) is 0 Å². The lowest BCUT2D eigenvalue weighted by Crippen LogP contribution is -2.08. The predicted octanol–water partition coefficient (Wildman–Crippen LogP) is 4.58. The summed E-state index contributed by atoms with van der Waals surface area (Å²) in [4.78, 5) is 0. The van der Waals surface area contributed by atoms with Gasteiger partial charge in [0.15, 0.2) is 0 Å². The molecule has 17 heavy (non-hydrogen) atoms. The van der Waals surface area contributed by atoms with Gasteiger partial charge < -0.3 is 9.73 Å². The molecular weight excluding hydrogens is 210 g/mol. The van der Waals surface area contributed by atoms with Crippen LogP contribution in [0.1, 0.15) is 44.1 Å². The quantitative estimate of drug-likeness (QED) is 0.830. The molecule has 0 saturated carbocycles. The van der Waals surface area contributed by atoms with E-state index in [1.807, 2.05) is 12.1 Å². The summed E-state index contributed by atoms with van der Waals surface area (Å²) in [6.45, 7) is 6.52. The Bertz CT molecular complexity index is 460. The van der Waals surface area contributed by atoms with Crippen LogP contribution < -0.4 is 5.32 Å². The van der Waals surface area contributed by atoms with Crippen LogP contribution in [0.5, 0.6) is 0 Å². The molecule has 0 aliphatic heterocycles. The van der Waals surface area contributed by atoms with E-state index in [2.05, 4.69) is 50.4 Å². The van der Waals surface area contributed by atoms with Gasteiger partial charge in [0.05, 0.1) is 12.3 Å². The van der Waals surface area contributed by atoms with Crippen molar-refractivity contribution in [1.82, 2.24) is 0 Å². The first-order valence-corrected chi connectivity index (χ1v) is 6.07. The third-order valence-electron chi connectivity index (χ3n) is 2.92. The van der Waals surface area contributed by atoms with Gasteiger partial charge in [-0.25, -0.2) is 0 Å². The number of furan rings is 1. The van der Waals surface area contributed by atoms with Crippen molar-refractivity contribution in [2.75, 3.05) is 5.32 Å². The van der Waals surface area contributed by atoms with Gasteiger partial charge >= 0.3 is 0 Å². The minimum absolute atomic E-state index is 0.185. The fraction of sp³-hybridized carbons (Fsp3) is 0.333. The normalized spacial score (nSPS) is 12.7. The summed E-state index contributed by atoms with van der Waals surface area (Å²) in [6, 6.07) is 12.5. The van der Waals surface area contributed by atoms with Crippen LogP contribution in [-0.2, 0) is 0 Å². The zero-order valence-corrected chi connectivity index (χ0v) is 10.6. The smallest absolute Gasteiger partial charge is 0.125 e. The highest BCUT2D eigenvalue weighted by Crippen LogP contribution is 2.27. The Hall–Kier alpha value is -1.70. The molecule has 1 unspecified atom stereocenters. The second-order valence-corrected chi connectivity index (χ2v) is 4.62. The monoisotopic (exact) mass is 229 g/mol. The molecule has 1 atom stereocenters. The lowest BCUT2D eigenvalue weighted by Gasteiger charge is -2.18. The van der Waals surface area contributed by atoms with Crippen LogP contribution in [0.25, 0.3) is 0 Å². The highest BCUT2D eigenvalue weighted by Gasteiger charge is 2.11. The van der Waals surface area contributed by atoms with Crippen LogP contribution in [0.2, 0.25) is 0 Å². The van der Waals surface area contributed by atoms with Crippen molar-refractivity contribution in [1.29, 1.82) is 0 Å². The van der Waals surface area contributed by atoms with E-state index < -0.39 is 0 Å². The molecule has 0 saturated heterocycles. The van der Waals surface area contributed by atoms with Crippen LogP contribution in [0.15, 0.2) is 47.1 Å². The van der Waals surface area contributed by atoms with E-state index in [4.69, 9.17) is 4.42 Å². The maximum Gasteiger partial charge on any atom is 0.125 e. The topological polar surface area (TPSA) is 25.2 Å². The van der Waals surface area contributed by atoms with E-state index in [1.165, 1.54) is 11.3 Å². The Morgan fingerprint density at radius 3 is 2.41 bits per heavy atom. The van der Waals surface area contributed by atoms with Crippen molar-refractivity contribution in [3.63, 3.8) is 0 Å². The first kappa shape index (κ1) is 11.8. The number of anilines is 1. The SMILES string of the molecule is CC(C)c1ccccc1NC(C)c1ccco1. The minimum Gasteiger partial charge on any atom is -0.467 e. The maximum absolute atomic E-state index is 5.41. The average molecular weight is 229 g/mol. The van der Waals surface area contributed by atoms with Crippen molar-refractivity contribution in [3.05, 3.63) is 54.0 Å². The van der Waals surface area contributed by atoms with Crippen molar-refractivity contribution < 1.29 is 4.42 Å². The van der Waals surface area contributed by atoms with Crippen LogP contribution in [0.4, 0.5) is 5.69 Å². The molecule has 0 radical (unpaired) electrons. The summed E-state index contributed by atoms with van der Waals surface area (Å²) in [5, 5.41) is 3.50. The van der Waals surface area contributed by atoms with E-state index in [0.717, 1.165) is 5.76 Å². The van der Waals surface area contributed by atoms with E-state index in [-0.39, 0.29) is 6.04 Å². The Morgan fingerprint density at radius 2 is 1.76 bits per heavy atom. The first-order valence-electron chi connectivity index (χ1n) is 6.07. The average Bonchev–Trinajstić information content (AvgIpc) is 2.83. The fourth-order valence-electron chi connectivity index (χ4n) is 1.97. The second kappa shape index (κ2) is 5.09. The molecule has 0 aliphatic rings.